The number of nitrogens with one attached hydrogen (secondary N) is 2. The molecule has 0 aliphatic heterocycles. The van der Waals surface area contributed by atoms with Crippen LogP contribution in [0, 0.1) is 0 Å². The summed E-state index contributed by atoms with van der Waals surface area (Å²) in [6.45, 7) is 3.39. The molecule has 0 fully saturated rings. The Morgan fingerprint density at radius 3 is 3.12 bits per heavy atom. The number of aromatic amines is 1. The predicted molar refractivity (Wildman–Crippen MR) is 63.5 cm³/mol. The highest BCUT2D eigenvalue weighted by Crippen LogP contribution is 2.17. The van der Waals surface area contributed by atoms with Crippen molar-refractivity contribution < 1.29 is 4.74 Å². The van der Waals surface area contributed by atoms with E-state index in [1.54, 1.807) is 12.5 Å². The zero-order valence-electron chi connectivity index (χ0n) is 9.23. The average molecular weight is 217 g/mol. The molecule has 16 heavy (non-hydrogen) atoms. The van der Waals surface area contributed by atoms with Gasteiger partial charge in [0.2, 0.25) is 0 Å². The summed E-state index contributed by atoms with van der Waals surface area (Å²) in [4.78, 5) is 7.00. The number of ether oxygens (including phenoxy) is 1. The lowest BCUT2D eigenvalue weighted by Crippen LogP contribution is -2.00. The Morgan fingerprint density at radius 1 is 1.44 bits per heavy atom. The summed E-state index contributed by atoms with van der Waals surface area (Å²) in [5.74, 6) is 0.886. The summed E-state index contributed by atoms with van der Waals surface area (Å²) in [5.41, 5.74) is 2.10. The maximum atomic E-state index is 5.42. The third kappa shape index (κ3) is 2.76. The number of imidazole rings is 1. The summed E-state index contributed by atoms with van der Waals surface area (Å²) in [6, 6.07) is 7.92. The van der Waals surface area contributed by atoms with Gasteiger partial charge in [-0.1, -0.05) is 6.07 Å². The van der Waals surface area contributed by atoms with E-state index in [2.05, 4.69) is 15.3 Å². The van der Waals surface area contributed by atoms with Crippen molar-refractivity contribution in [2.45, 2.75) is 13.5 Å². The number of hydrogen-bond donors (Lipinski definition) is 2. The third-order valence-corrected chi connectivity index (χ3v) is 2.18. The molecule has 4 heteroatoms. The van der Waals surface area contributed by atoms with Gasteiger partial charge in [0, 0.05) is 18.0 Å². The van der Waals surface area contributed by atoms with Crippen LogP contribution >= 0.6 is 0 Å². The number of H-pyrrole nitrogens is 1. The van der Waals surface area contributed by atoms with E-state index < -0.39 is 0 Å². The molecule has 84 valence electrons. The van der Waals surface area contributed by atoms with E-state index in [9.17, 15) is 0 Å². The molecule has 1 heterocycles. The lowest BCUT2D eigenvalue weighted by Gasteiger charge is -2.07. The molecule has 0 radical (unpaired) electrons. The van der Waals surface area contributed by atoms with Gasteiger partial charge in [-0.25, -0.2) is 4.98 Å². The van der Waals surface area contributed by atoms with Crippen molar-refractivity contribution in [1.82, 2.24) is 9.97 Å². The van der Waals surface area contributed by atoms with Gasteiger partial charge in [-0.2, -0.15) is 0 Å². The van der Waals surface area contributed by atoms with Crippen LogP contribution in [0.15, 0.2) is 36.8 Å². The molecule has 0 atom stereocenters. The monoisotopic (exact) mass is 217 g/mol. The Labute approximate surface area is 94.7 Å². The topological polar surface area (TPSA) is 49.9 Å². The summed E-state index contributed by atoms with van der Waals surface area (Å²) in [5, 5.41) is 3.29. The van der Waals surface area contributed by atoms with Crippen LogP contribution in [0.2, 0.25) is 0 Å². The molecule has 2 aromatic rings. The summed E-state index contributed by atoms with van der Waals surface area (Å²) >= 11 is 0. The molecular formula is C12H15N3O. The first-order chi connectivity index (χ1) is 7.88. The van der Waals surface area contributed by atoms with Gasteiger partial charge in [0.25, 0.3) is 0 Å². The molecule has 0 unspecified atom stereocenters. The van der Waals surface area contributed by atoms with Crippen LogP contribution in [-0.2, 0) is 6.54 Å². The van der Waals surface area contributed by atoms with E-state index in [0.717, 1.165) is 23.7 Å². The maximum absolute atomic E-state index is 5.42. The minimum atomic E-state index is 0.685. The Balaban J connectivity index is 1.96. The van der Waals surface area contributed by atoms with Gasteiger partial charge in [0.15, 0.2) is 0 Å². The molecule has 2 rings (SSSR count). The molecule has 0 amide bonds. The first-order valence-corrected chi connectivity index (χ1v) is 5.32. The van der Waals surface area contributed by atoms with Gasteiger partial charge in [0.05, 0.1) is 25.2 Å². The van der Waals surface area contributed by atoms with E-state index in [1.807, 2.05) is 31.2 Å². The molecule has 1 aromatic heterocycles. The van der Waals surface area contributed by atoms with Crippen LogP contribution in [0.4, 0.5) is 5.69 Å². The Kier molecular flexibility index (Phi) is 3.43. The number of benzene rings is 1. The molecule has 0 saturated carbocycles. The zero-order chi connectivity index (χ0) is 11.2. The molecule has 0 aliphatic rings. The molecule has 0 aliphatic carbocycles. The standard InChI is InChI=1S/C12H15N3O/c1-2-16-12-5-3-4-10(6-12)14-8-11-7-13-9-15-11/h3-7,9,14H,2,8H2,1H3,(H,13,15). The second-order valence-corrected chi connectivity index (χ2v) is 3.39. The first-order valence-electron chi connectivity index (χ1n) is 5.32. The quantitative estimate of drug-likeness (QED) is 0.808. The van der Waals surface area contributed by atoms with Crippen molar-refractivity contribution in [1.29, 1.82) is 0 Å². The molecular weight excluding hydrogens is 202 g/mol. The average Bonchev–Trinajstić information content (AvgIpc) is 2.80. The van der Waals surface area contributed by atoms with Crippen molar-refractivity contribution in [2.24, 2.45) is 0 Å². The molecule has 0 bridgehead atoms. The largest absolute Gasteiger partial charge is 0.494 e. The highest BCUT2D eigenvalue weighted by molar-refractivity contribution is 5.48. The van der Waals surface area contributed by atoms with Crippen LogP contribution in [0.5, 0.6) is 5.75 Å². The van der Waals surface area contributed by atoms with Crippen molar-refractivity contribution >= 4 is 5.69 Å². The Bertz CT molecular complexity index is 426. The van der Waals surface area contributed by atoms with E-state index >= 15 is 0 Å². The Hall–Kier alpha value is -1.97. The van der Waals surface area contributed by atoms with Gasteiger partial charge in [0.1, 0.15) is 5.75 Å². The number of nitrogens with zero attached hydrogens (tertiary/aromatic N) is 1. The van der Waals surface area contributed by atoms with Gasteiger partial charge in [-0.3, -0.25) is 0 Å². The third-order valence-electron chi connectivity index (χ3n) is 2.18. The van der Waals surface area contributed by atoms with Gasteiger partial charge >= 0.3 is 0 Å². The normalized spacial score (nSPS) is 10.1. The lowest BCUT2D eigenvalue weighted by molar-refractivity contribution is 0.340. The van der Waals surface area contributed by atoms with Crippen LogP contribution in [0.1, 0.15) is 12.6 Å². The lowest BCUT2D eigenvalue weighted by atomic mass is 10.3. The van der Waals surface area contributed by atoms with Gasteiger partial charge < -0.3 is 15.0 Å². The van der Waals surface area contributed by atoms with Crippen LogP contribution in [-0.4, -0.2) is 16.6 Å². The summed E-state index contributed by atoms with van der Waals surface area (Å²) < 4.78 is 5.42. The van der Waals surface area contributed by atoms with Crippen LogP contribution in [0.25, 0.3) is 0 Å². The van der Waals surface area contributed by atoms with Crippen LogP contribution < -0.4 is 10.1 Å². The molecule has 1 aromatic carbocycles. The van der Waals surface area contributed by atoms with E-state index in [4.69, 9.17) is 4.74 Å². The molecule has 0 saturated heterocycles. The molecule has 2 N–H and O–H groups in total. The highest BCUT2D eigenvalue weighted by atomic mass is 16.5. The van der Waals surface area contributed by atoms with Gasteiger partial charge in [-0.15, -0.1) is 0 Å². The summed E-state index contributed by atoms with van der Waals surface area (Å²) in [6.07, 6.45) is 3.48. The second kappa shape index (κ2) is 5.21. The van der Waals surface area contributed by atoms with E-state index in [-0.39, 0.29) is 0 Å². The van der Waals surface area contributed by atoms with Crippen LogP contribution in [0.3, 0.4) is 0 Å². The van der Waals surface area contributed by atoms with Crippen molar-refractivity contribution in [3.05, 3.63) is 42.5 Å². The fraction of sp³-hybridized carbons (Fsp3) is 0.250. The highest BCUT2D eigenvalue weighted by Gasteiger charge is 1.97. The minimum absolute atomic E-state index is 0.685. The fourth-order valence-electron chi connectivity index (χ4n) is 1.44. The maximum Gasteiger partial charge on any atom is 0.121 e. The number of hydrogen-bond acceptors (Lipinski definition) is 3. The zero-order valence-corrected chi connectivity index (χ0v) is 9.23. The van der Waals surface area contributed by atoms with E-state index in [1.165, 1.54) is 0 Å². The fourth-order valence-corrected chi connectivity index (χ4v) is 1.44. The Morgan fingerprint density at radius 2 is 2.38 bits per heavy atom. The summed E-state index contributed by atoms with van der Waals surface area (Å²) in [7, 11) is 0. The number of anilines is 1. The second-order valence-electron chi connectivity index (χ2n) is 3.39. The smallest absolute Gasteiger partial charge is 0.121 e. The first kappa shape index (κ1) is 10.5. The van der Waals surface area contributed by atoms with E-state index in [0.29, 0.717) is 6.61 Å². The predicted octanol–water partition coefficient (Wildman–Crippen LogP) is 2.42. The van der Waals surface area contributed by atoms with Crippen molar-refractivity contribution in [2.75, 3.05) is 11.9 Å². The number of aromatic nitrogens is 2. The minimum Gasteiger partial charge on any atom is -0.494 e. The number of rotatable bonds is 5. The SMILES string of the molecule is CCOc1cccc(NCc2cnc[nH]2)c1. The van der Waals surface area contributed by atoms with Crippen molar-refractivity contribution in [3.8, 4) is 5.75 Å². The van der Waals surface area contributed by atoms with Crippen molar-refractivity contribution in [3.63, 3.8) is 0 Å². The van der Waals surface area contributed by atoms with Gasteiger partial charge in [-0.05, 0) is 19.1 Å². The molecule has 4 nitrogen and oxygen atoms in total. The molecule has 0 spiro atoms.